The topological polar surface area (TPSA) is 26.3 Å². The third-order valence-electron chi connectivity index (χ3n) is 2.66. The lowest BCUT2D eigenvalue weighted by Gasteiger charge is -2.19. The standard InChI is InChI=1S/C12H11F3O2/c13-12(14,15)7-17-11-6-2-3-8-9(11)4-1-5-10(8)16/h2-3,6H,1,4-5,7H2. The van der Waals surface area contributed by atoms with Gasteiger partial charge < -0.3 is 4.74 Å². The smallest absolute Gasteiger partial charge is 0.422 e. The molecular formula is C12H11F3O2. The Bertz CT molecular complexity index is 438. The van der Waals surface area contributed by atoms with Crippen LogP contribution >= 0.6 is 0 Å². The molecule has 17 heavy (non-hydrogen) atoms. The van der Waals surface area contributed by atoms with Gasteiger partial charge in [-0.05, 0) is 18.9 Å². The summed E-state index contributed by atoms with van der Waals surface area (Å²) in [6.07, 6.45) is -2.65. The summed E-state index contributed by atoms with van der Waals surface area (Å²) in [6.45, 7) is -1.32. The van der Waals surface area contributed by atoms with Gasteiger partial charge in [-0.15, -0.1) is 0 Å². The first-order valence-corrected chi connectivity index (χ1v) is 5.32. The highest BCUT2D eigenvalue weighted by molar-refractivity contribution is 5.99. The maximum absolute atomic E-state index is 12.1. The number of rotatable bonds is 2. The minimum atomic E-state index is -4.36. The molecule has 1 aromatic carbocycles. The van der Waals surface area contributed by atoms with Gasteiger partial charge in [0, 0.05) is 17.5 Å². The van der Waals surface area contributed by atoms with Gasteiger partial charge in [-0.25, -0.2) is 0 Å². The number of carbonyl (C=O) groups is 1. The number of ketones is 1. The third-order valence-corrected chi connectivity index (χ3v) is 2.66. The van der Waals surface area contributed by atoms with Crippen LogP contribution in [0.2, 0.25) is 0 Å². The van der Waals surface area contributed by atoms with E-state index in [9.17, 15) is 18.0 Å². The van der Waals surface area contributed by atoms with E-state index >= 15 is 0 Å². The van der Waals surface area contributed by atoms with Gasteiger partial charge in [0.25, 0.3) is 0 Å². The summed E-state index contributed by atoms with van der Waals surface area (Å²) in [5.74, 6) is 0.150. The molecule has 1 aliphatic rings. The van der Waals surface area contributed by atoms with E-state index in [1.54, 1.807) is 12.1 Å². The lowest BCUT2D eigenvalue weighted by atomic mass is 9.90. The van der Waals surface area contributed by atoms with Gasteiger partial charge in [0.1, 0.15) is 5.75 Å². The van der Waals surface area contributed by atoms with Crippen molar-refractivity contribution in [2.45, 2.75) is 25.4 Å². The molecular weight excluding hydrogens is 233 g/mol. The minimum absolute atomic E-state index is 0.0243. The SMILES string of the molecule is O=C1CCCc2c(OCC(F)(F)F)cccc21. The first-order valence-electron chi connectivity index (χ1n) is 5.32. The van der Waals surface area contributed by atoms with Gasteiger partial charge >= 0.3 is 6.18 Å². The summed E-state index contributed by atoms with van der Waals surface area (Å²) in [7, 11) is 0. The predicted octanol–water partition coefficient (Wildman–Crippen LogP) is 3.15. The van der Waals surface area contributed by atoms with Crippen molar-refractivity contribution in [2.24, 2.45) is 0 Å². The van der Waals surface area contributed by atoms with Crippen molar-refractivity contribution in [3.05, 3.63) is 29.3 Å². The van der Waals surface area contributed by atoms with Crippen molar-refractivity contribution in [1.29, 1.82) is 0 Å². The number of halogens is 3. The summed E-state index contributed by atoms with van der Waals surface area (Å²) >= 11 is 0. The normalized spacial score (nSPS) is 15.6. The molecule has 0 aromatic heterocycles. The van der Waals surface area contributed by atoms with Crippen LogP contribution in [0.15, 0.2) is 18.2 Å². The largest absolute Gasteiger partial charge is 0.484 e. The summed E-state index contributed by atoms with van der Waals surface area (Å²) in [4.78, 5) is 11.6. The molecule has 0 bridgehead atoms. The van der Waals surface area contributed by atoms with Crippen molar-refractivity contribution in [2.75, 3.05) is 6.61 Å². The second kappa shape index (κ2) is 4.39. The zero-order valence-corrected chi connectivity index (χ0v) is 9.01. The average Bonchev–Trinajstić information content (AvgIpc) is 2.26. The van der Waals surface area contributed by atoms with Crippen molar-refractivity contribution in [1.82, 2.24) is 0 Å². The number of ether oxygens (including phenoxy) is 1. The molecule has 0 aliphatic heterocycles. The molecule has 92 valence electrons. The van der Waals surface area contributed by atoms with E-state index in [4.69, 9.17) is 4.74 Å². The van der Waals surface area contributed by atoms with Crippen LogP contribution in [0.1, 0.15) is 28.8 Å². The number of alkyl halides is 3. The van der Waals surface area contributed by atoms with Crippen LogP contribution in [0.3, 0.4) is 0 Å². The highest BCUT2D eigenvalue weighted by atomic mass is 19.4. The fourth-order valence-corrected chi connectivity index (χ4v) is 1.94. The van der Waals surface area contributed by atoms with Crippen LogP contribution in [-0.4, -0.2) is 18.6 Å². The van der Waals surface area contributed by atoms with E-state index in [1.807, 2.05) is 0 Å². The molecule has 0 spiro atoms. The van der Waals surface area contributed by atoms with E-state index < -0.39 is 12.8 Å². The highest BCUT2D eigenvalue weighted by Gasteiger charge is 2.29. The van der Waals surface area contributed by atoms with Crippen molar-refractivity contribution in [3.63, 3.8) is 0 Å². The van der Waals surface area contributed by atoms with Crippen LogP contribution in [0.25, 0.3) is 0 Å². The first kappa shape index (κ1) is 12.0. The van der Waals surface area contributed by atoms with Crippen molar-refractivity contribution >= 4 is 5.78 Å². The molecule has 0 unspecified atom stereocenters. The molecule has 2 nitrogen and oxygen atoms in total. The molecule has 0 fully saturated rings. The van der Waals surface area contributed by atoms with E-state index in [1.165, 1.54) is 6.07 Å². The maximum Gasteiger partial charge on any atom is 0.422 e. The van der Waals surface area contributed by atoms with E-state index in [0.29, 0.717) is 30.4 Å². The maximum atomic E-state index is 12.1. The van der Waals surface area contributed by atoms with Crippen LogP contribution < -0.4 is 4.74 Å². The Balaban J connectivity index is 2.24. The Morgan fingerprint density at radius 1 is 1.24 bits per heavy atom. The van der Waals surface area contributed by atoms with Gasteiger partial charge in [0.2, 0.25) is 0 Å². The van der Waals surface area contributed by atoms with Crippen LogP contribution in [-0.2, 0) is 6.42 Å². The predicted molar refractivity (Wildman–Crippen MR) is 55.3 cm³/mol. The van der Waals surface area contributed by atoms with Crippen LogP contribution in [0, 0.1) is 0 Å². The summed E-state index contributed by atoms with van der Waals surface area (Å²) in [6, 6.07) is 4.66. The van der Waals surface area contributed by atoms with Crippen LogP contribution in [0.4, 0.5) is 13.2 Å². The van der Waals surface area contributed by atoms with E-state index in [0.717, 1.165) is 0 Å². The number of fused-ring (bicyclic) bond motifs is 1. The Kier molecular flexibility index (Phi) is 3.09. The Labute approximate surface area is 96.4 Å². The van der Waals surface area contributed by atoms with Crippen molar-refractivity contribution in [3.8, 4) is 5.75 Å². The molecule has 5 heteroatoms. The second-order valence-corrected chi connectivity index (χ2v) is 3.96. The number of hydrogen-bond acceptors (Lipinski definition) is 2. The number of Topliss-reactive ketones (excluding diaryl/α,β-unsaturated/α-hetero) is 1. The molecule has 2 rings (SSSR count). The molecule has 1 aromatic rings. The monoisotopic (exact) mass is 244 g/mol. The van der Waals surface area contributed by atoms with Gasteiger partial charge in [-0.2, -0.15) is 13.2 Å². The van der Waals surface area contributed by atoms with E-state index in [2.05, 4.69) is 0 Å². The molecule has 1 aliphatic carbocycles. The molecule has 0 N–H and O–H groups in total. The fraction of sp³-hybridized carbons (Fsp3) is 0.417. The van der Waals surface area contributed by atoms with Gasteiger partial charge in [0.05, 0.1) is 0 Å². The molecule has 0 atom stereocenters. The average molecular weight is 244 g/mol. The molecule has 0 saturated carbocycles. The Morgan fingerprint density at radius 3 is 2.71 bits per heavy atom. The number of benzene rings is 1. The number of hydrogen-bond donors (Lipinski definition) is 0. The minimum Gasteiger partial charge on any atom is -0.484 e. The molecule has 0 amide bonds. The highest BCUT2D eigenvalue weighted by Crippen LogP contribution is 2.30. The Hall–Kier alpha value is -1.52. The van der Waals surface area contributed by atoms with Gasteiger partial charge in [0.15, 0.2) is 12.4 Å². The summed E-state index contributed by atoms with van der Waals surface area (Å²) in [5.41, 5.74) is 1.10. The van der Waals surface area contributed by atoms with Crippen LogP contribution in [0.5, 0.6) is 5.75 Å². The lowest BCUT2D eigenvalue weighted by Crippen LogP contribution is -2.21. The molecule has 0 heterocycles. The zero-order valence-electron chi connectivity index (χ0n) is 9.01. The number of carbonyl (C=O) groups excluding carboxylic acids is 1. The third kappa shape index (κ3) is 2.78. The Morgan fingerprint density at radius 2 is 2.00 bits per heavy atom. The van der Waals surface area contributed by atoms with Crippen molar-refractivity contribution < 1.29 is 22.7 Å². The molecule has 0 saturated heterocycles. The summed E-state index contributed by atoms with van der Waals surface area (Å²) < 4.78 is 40.9. The van der Waals surface area contributed by atoms with E-state index in [-0.39, 0.29) is 11.5 Å². The quantitative estimate of drug-likeness (QED) is 0.798. The van der Waals surface area contributed by atoms with Gasteiger partial charge in [-0.3, -0.25) is 4.79 Å². The second-order valence-electron chi connectivity index (χ2n) is 3.96. The lowest BCUT2D eigenvalue weighted by molar-refractivity contribution is -0.153. The van der Waals surface area contributed by atoms with Gasteiger partial charge in [-0.1, -0.05) is 12.1 Å². The first-order chi connectivity index (χ1) is 7.97. The molecule has 0 radical (unpaired) electrons. The summed E-state index contributed by atoms with van der Waals surface area (Å²) in [5, 5.41) is 0. The fourth-order valence-electron chi connectivity index (χ4n) is 1.94. The zero-order chi connectivity index (χ0) is 12.5.